The van der Waals surface area contributed by atoms with Crippen LogP contribution in [0.25, 0.3) is 0 Å². The van der Waals surface area contributed by atoms with Gasteiger partial charge in [0.1, 0.15) is 0 Å². The molecule has 2 aliphatic heterocycles. The predicted molar refractivity (Wildman–Crippen MR) is 55.9 cm³/mol. The molecule has 0 aromatic carbocycles. The van der Waals surface area contributed by atoms with Crippen molar-refractivity contribution in [2.24, 2.45) is 5.92 Å². The fourth-order valence-corrected chi connectivity index (χ4v) is 2.73. The van der Waals surface area contributed by atoms with Gasteiger partial charge in [-0.2, -0.15) is 0 Å². The van der Waals surface area contributed by atoms with Crippen LogP contribution in [0.2, 0.25) is 0 Å². The fraction of sp³-hybridized carbons (Fsp3) is 0.778. The zero-order chi connectivity index (χ0) is 10.3. The lowest BCUT2D eigenvalue weighted by Gasteiger charge is -2.36. The van der Waals surface area contributed by atoms with Crippen molar-refractivity contribution < 1.29 is 0 Å². The van der Waals surface area contributed by atoms with Gasteiger partial charge in [-0.25, -0.2) is 9.89 Å². The summed E-state index contributed by atoms with van der Waals surface area (Å²) in [6, 6.07) is 0.498. The van der Waals surface area contributed by atoms with Crippen LogP contribution in [0, 0.1) is 5.92 Å². The van der Waals surface area contributed by atoms with Crippen molar-refractivity contribution in [2.45, 2.75) is 18.9 Å². The van der Waals surface area contributed by atoms with E-state index < -0.39 is 0 Å². The normalized spacial score (nSPS) is 30.5. The number of anilines is 1. The summed E-state index contributed by atoms with van der Waals surface area (Å²) >= 11 is 0. The quantitative estimate of drug-likeness (QED) is 0.571. The van der Waals surface area contributed by atoms with Gasteiger partial charge in [-0.15, -0.1) is 5.10 Å². The average Bonchev–Trinajstić information content (AvgIpc) is 2.84. The minimum Gasteiger partial charge on any atom is -0.336 e. The van der Waals surface area contributed by atoms with E-state index in [0.717, 1.165) is 19.6 Å². The highest BCUT2D eigenvalue weighted by molar-refractivity contribution is 5.32. The van der Waals surface area contributed by atoms with Crippen LogP contribution in [-0.2, 0) is 0 Å². The number of aromatic amines is 2. The third-order valence-corrected chi connectivity index (χ3v) is 3.44. The van der Waals surface area contributed by atoms with E-state index in [4.69, 9.17) is 0 Å². The Morgan fingerprint density at radius 1 is 1.40 bits per heavy atom. The van der Waals surface area contributed by atoms with Gasteiger partial charge in [0.15, 0.2) is 0 Å². The maximum Gasteiger partial charge on any atom is 0.342 e. The third-order valence-electron chi connectivity index (χ3n) is 3.44. The van der Waals surface area contributed by atoms with E-state index in [1.165, 1.54) is 12.8 Å². The highest BCUT2D eigenvalue weighted by Crippen LogP contribution is 2.28. The van der Waals surface area contributed by atoms with Gasteiger partial charge in [-0.1, -0.05) is 0 Å². The fourth-order valence-electron chi connectivity index (χ4n) is 2.73. The molecule has 2 fully saturated rings. The van der Waals surface area contributed by atoms with Crippen LogP contribution in [0.4, 0.5) is 5.95 Å². The van der Waals surface area contributed by atoms with Gasteiger partial charge in [0, 0.05) is 25.7 Å². The molecule has 82 valence electrons. The molecule has 0 amide bonds. The monoisotopic (exact) mass is 209 g/mol. The zero-order valence-corrected chi connectivity index (χ0v) is 8.49. The summed E-state index contributed by atoms with van der Waals surface area (Å²) < 4.78 is 0. The molecule has 2 saturated heterocycles. The van der Waals surface area contributed by atoms with E-state index in [9.17, 15) is 4.79 Å². The number of piperidine rings is 1. The van der Waals surface area contributed by atoms with Crippen LogP contribution in [0.15, 0.2) is 4.79 Å². The molecule has 0 spiro atoms. The Morgan fingerprint density at radius 2 is 2.33 bits per heavy atom. The molecule has 1 aromatic heterocycles. The number of aromatic nitrogens is 3. The molecule has 6 heteroatoms. The first-order valence-electron chi connectivity index (χ1n) is 5.46. The molecule has 2 unspecified atom stereocenters. The summed E-state index contributed by atoms with van der Waals surface area (Å²) in [6.07, 6.45) is 2.46. The van der Waals surface area contributed by atoms with Crippen LogP contribution in [0.3, 0.4) is 0 Å². The first kappa shape index (κ1) is 8.96. The summed E-state index contributed by atoms with van der Waals surface area (Å²) in [7, 11) is 0. The Morgan fingerprint density at radius 3 is 3.13 bits per heavy atom. The minimum atomic E-state index is -0.224. The topological polar surface area (TPSA) is 76.8 Å². The molecule has 0 saturated carbocycles. The molecule has 0 aliphatic carbocycles. The number of rotatable bonds is 1. The van der Waals surface area contributed by atoms with Gasteiger partial charge in [0.05, 0.1) is 0 Å². The second kappa shape index (κ2) is 3.37. The van der Waals surface area contributed by atoms with Crippen molar-refractivity contribution in [3.8, 4) is 0 Å². The summed E-state index contributed by atoms with van der Waals surface area (Å²) in [5.41, 5.74) is -0.224. The molecule has 3 heterocycles. The van der Waals surface area contributed by atoms with E-state index in [0.29, 0.717) is 17.9 Å². The summed E-state index contributed by atoms with van der Waals surface area (Å²) in [5.74, 6) is 1.40. The smallest absolute Gasteiger partial charge is 0.336 e. The molecule has 15 heavy (non-hydrogen) atoms. The van der Waals surface area contributed by atoms with Crippen molar-refractivity contribution in [3.63, 3.8) is 0 Å². The number of nitrogens with zero attached hydrogens (tertiary/aromatic N) is 2. The maximum atomic E-state index is 11.0. The van der Waals surface area contributed by atoms with Crippen molar-refractivity contribution >= 4 is 5.95 Å². The molecular weight excluding hydrogens is 194 g/mol. The molecule has 6 nitrogen and oxygen atoms in total. The SMILES string of the molecule is O=c1[nH]nc(N2CCCC3CNCC32)[nH]1. The Hall–Kier alpha value is -1.30. The van der Waals surface area contributed by atoms with Crippen molar-refractivity contribution in [1.29, 1.82) is 0 Å². The van der Waals surface area contributed by atoms with Gasteiger partial charge in [0.25, 0.3) is 0 Å². The largest absolute Gasteiger partial charge is 0.342 e. The first-order chi connectivity index (χ1) is 7.34. The Kier molecular flexibility index (Phi) is 2.02. The second-order valence-electron chi connectivity index (χ2n) is 4.32. The number of nitrogens with one attached hydrogen (secondary N) is 3. The van der Waals surface area contributed by atoms with Crippen molar-refractivity contribution in [1.82, 2.24) is 20.5 Å². The van der Waals surface area contributed by atoms with Crippen LogP contribution in [0.1, 0.15) is 12.8 Å². The van der Waals surface area contributed by atoms with E-state index >= 15 is 0 Å². The van der Waals surface area contributed by atoms with Gasteiger partial charge in [-0.3, -0.25) is 4.98 Å². The molecule has 2 atom stereocenters. The van der Waals surface area contributed by atoms with Gasteiger partial charge >= 0.3 is 5.69 Å². The minimum absolute atomic E-state index is 0.224. The lowest BCUT2D eigenvalue weighted by molar-refractivity contribution is 0.381. The highest BCUT2D eigenvalue weighted by atomic mass is 16.1. The zero-order valence-electron chi connectivity index (χ0n) is 8.49. The van der Waals surface area contributed by atoms with E-state index in [1.807, 2.05) is 0 Å². The van der Waals surface area contributed by atoms with Crippen LogP contribution < -0.4 is 15.9 Å². The Balaban J connectivity index is 1.88. The van der Waals surface area contributed by atoms with Crippen LogP contribution in [-0.4, -0.2) is 40.9 Å². The van der Waals surface area contributed by atoms with Gasteiger partial charge in [-0.05, 0) is 18.8 Å². The molecule has 1 aromatic rings. The van der Waals surface area contributed by atoms with Crippen molar-refractivity contribution in [2.75, 3.05) is 24.5 Å². The molecule has 3 N–H and O–H groups in total. The summed E-state index contributed by atoms with van der Waals surface area (Å²) in [4.78, 5) is 16.0. The first-order valence-corrected chi connectivity index (χ1v) is 5.46. The number of hydrogen-bond donors (Lipinski definition) is 3. The maximum absolute atomic E-state index is 11.0. The van der Waals surface area contributed by atoms with E-state index in [-0.39, 0.29) is 5.69 Å². The Labute approximate surface area is 87.1 Å². The van der Waals surface area contributed by atoms with Gasteiger partial charge < -0.3 is 10.2 Å². The summed E-state index contributed by atoms with van der Waals surface area (Å²) in [6.45, 7) is 3.08. The van der Waals surface area contributed by atoms with Crippen molar-refractivity contribution in [3.05, 3.63) is 10.5 Å². The number of hydrogen-bond acceptors (Lipinski definition) is 4. The van der Waals surface area contributed by atoms with Gasteiger partial charge in [0.2, 0.25) is 5.95 Å². The second-order valence-corrected chi connectivity index (χ2v) is 4.32. The molecule has 0 radical (unpaired) electrons. The molecule has 2 aliphatic rings. The van der Waals surface area contributed by atoms with E-state index in [2.05, 4.69) is 25.4 Å². The lowest BCUT2D eigenvalue weighted by Crippen LogP contribution is -2.45. The number of H-pyrrole nitrogens is 2. The predicted octanol–water partition coefficient (Wildman–Crippen LogP) is -0.714. The average molecular weight is 209 g/mol. The summed E-state index contributed by atoms with van der Waals surface area (Å²) in [5, 5.41) is 9.83. The standard InChI is InChI=1S/C9H15N5O/c15-9-11-8(12-13-9)14-3-1-2-6-4-10-5-7(6)14/h6-7,10H,1-5H2,(H2,11,12,13,15). The van der Waals surface area contributed by atoms with E-state index in [1.54, 1.807) is 0 Å². The lowest BCUT2D eigenvalue weighted by atomic mass is 9.92. The third kappa shape index (κ3) is 1.45. The molecule has 0 bridgehead atoms. The number of fused-ring (bicyclic) bond motifs is 1. The van der Waals surface area contributed by atoms with Crippen LogP contribution in [0.5, 0.6) is 0 Å². The molecular formula is C9H15N5O. The van der Waals surface area contributed by atoms with Crippen LogP contribution >= 0.6 is 0 Å². The molecule has 3 rings (SSSR count). The highest BCUT2D eigenvalue weighted by Gasteiger charge is 2.36. The Bertz CT molecular complexity index is 397.